The Bertz CT molecular complexity index is 945. The van der Waals surface area contributed by atoms with Crippen molar-refractivity contribution in [1.29, 1.82) is 0 Å². The lowest BCUT2D eigenvalue weighted by Gasteiger charge is -2.12. The molecule has 2 N–H and O–H groups in total. The van der Waals surface area contributed by atoms with Gasteiger partial charge in [0.25, 0.3) is 0 Å². The summed E-state index contributed by atoms with van der Waals surface area (Å²) in [5.74, 6) is 0.652. The number of aryl methyl sites for hydroxylation is 1. The zero-order chi connectivity index (χ0) is 20.5. The van der Waals surface area contributed by atoms with Crippen LogP contribution in [0, 0.1) is 6.92 Å². The topological polar surface area (TPSA) is 50.4 Å². The maximum atomic E-state index is 12.2. The fourth-order valence-electron chi connectivity index (χ4n) is 2.93. The Morgan fingerprint density at radius 3 is 2.62 bits per heavy atom. The fraction of sp³-hybridized carbons (Fsp3) is 0.208. The molecule has 5 heteroatoms. The smallest absolute Gasteiger partial charge is 0.243 e. The second-order valence-electron chi connectivity index (χ2n) is 6.78. The van der Waals surface area contributed by atoms with Crippen molar-refractivity contribution < 1.29 is 9.53 Å². The van der Waals surface area contributed by atoms with Gasteiger partial charge in [-0.3, -0.25) is 4.79 Å². The SMILES string of the molecule is Cc1c(Cl)cccc1NC(=O)CNc1cccc(OCCCc2ccccc2)c1. The molecule has 0 saturated heterocycles. The van der Waals surface area contributed by atoms with Crippen molar-refractivity contribution >= 4 is 28.9 Å². The summed E-state index contributed by atoms with van der Waals surface area (Å²) in [5, 5.41) is 6.64. The van der Waals surface area contributed by atoms with E-state index in [0.29, 0.717) is 11.6 Å². The molecule has 0 unspecified atom stereocenters. The third-order valence-corrected chi connectivity index (χ3v) is 4.96. The van der Waals surface area contributed by atoms with Crippen molar-refractivity contribution in [1.82, 2.24) is 0 Å². The standard InChI is InChI=1S/C24H25ClN2O2/c1-18-22(25)13-6-14-23(18)27-24(28)17-26-20-11-5-12-21(16-20)29-15-7-10-19-8-3-2-4-9-19/h2-6,8-9,11-14,16,26H,7,10,15,17H2,1H3,(H,27,28). The molecule has 0 aliphatic rings. The Labute approximate surface area is 176 Å². The summed E-state index contributed by atoms with van der Waals surface area (Å²) in [7, 11) is 0. The second-order valence-corrected chi connectivity index (χ2v) is 7.19. The molecule has 0 aromatic heterocycles. The van der Waals surface area contributed by atoms with Gasteiger partial charge in [-0.1, -0.05) is 54.1 Å². The van der Waals surface area contributed by atoms with E-state index in [1.165, 1.54) is 5.56 Å². The molecule has 0 aliphatic heterocycles. The summed E-state index contributed by atoms with van der Waals surface area (Å²) >= 11 is 6.09. The molecule has 0 heterocycles. The van der Waals surface area contributed by atoms with E-state index >= 15 is 0 Å². The first-order valence-corrected chi connectivity index (χ1v) is 10.1. The molecular weight excluding hydrogens is 384 g/mol. The highest BCUT2D eigenvalue weighted by Crippen LogP contribution is 2.23. The Hall–Kier alpha value is -2.98. The van der Waals surface area contributed by atoms with Crippen molar-refractivity contribution in [2.75, 3.05) is 23.8 Å². The number of hydrogen-bond acceptors (Lipinski definition) is 3. The maximum absolute atomic E-state index is 12.2. The van der Waals surface area contributed by atoms with Gasteiger partial charge < -0.3 is 15.4 Å². The molecule has 3 aromatic rings. The minimum Gasteiger partial charge on any atom is -0.494 e. The minimum absolute atomic E-state index is 0.135. The van der Waals surface area contributed by atoms with Gasteiger partial charge in [-0.15, -0.1) is 0 Å². The number of benzene rings is 3. The summed E-state index contributed by atoms with van der Waals surface area (Å²) in [6.07, 6.45) is 1.94. The Balaban J connectivity index is 1.44. The number of hydrogen-bond donors (Lipinski definition) is 2. The van der Waals surface area contributed by atoms with Crippen LogP contribution in [0.25, 0.3) is 0 Å². The molecule has 3 rings (SSSR count). The summed E-state index contributed by atoms with van der Waals surface area (Å²) in [5.41, 5.74) is 3.73. The fourth-order valence-corrected chi connectivity index (χ4v) is 3.10. The van der Waals surface area contributed by atoms with Crippen molar-refractivity contribution in [3.05, 3.63) is 88.9 Å². The van der Waals surface area contributed by atoms with Gasteiger partial charge in [0.05, 0.1) is 13.2 Å². The van der Waals surface area contributed by atoms with Crippen LogP contribution in [0.3, 0.4) is 0 Å². The van der Waals surface area contributed by atoms with Gasteiger partial charge >= 0.3 is 0 Å². The molecular formula is C24H25ClN2O2. The molecule has 0 saturated carbocycles. The summed E-state index contributed by atoms with van der Waals surface area (Å²) in [4.78, 5) is 12.2. The maximum Gasteiger partial charge on any atom is 0.243 e. The number of amides is 1. The van der Waals surface area contributed by atoms with Crippen LogP contribution in [0.15, 0.2) is 72.8 Å². The van der Waals surface area contributed by atoms with Crippen LogP contribution in [0.5, 0.6) is 5.75 Å². The lowest BCUT2D eigenvalue weighted by Crippen LogP contribution is -2.22. The molecule has 29 heavy (non-hydrogen) atoms. The zero-order valence-electron chi connectivity index (χ0n) is 16.5. The van der Waals surface area contributed by atoms with Crippen LogP contribution in [-0.2, 0) is 11.2 Å². The van der Waals surface area contributed by atoms with E-state index in [9.17, 15) is 4.79 Å². The highest BCUT2D eigenvalue weighted by atomic mass is 35.5. The average Bonchev–Trinajstić information content (AvgIpc) is 2.74. The van der Waals surface area contributed by atoms with Crippen LogP contribution in [0.4, 0.5) is 11.4 Å². The first-order chi connectivity index (χ1) is 14.1. The molecule has 150 valence electrons. The molecule has 0 atom stereocenters. The summed E-state index contributed by atoms with van der Waals surface area (Å²) in [6.45, 7) is 2.68. The summed E-state index contributed by atoms with van der Waals surface area (Å²) in [6, 6.07) is 23.5. The van der Waals surface area contributed by atoms with Crippen molar-refractivity contribution in [2.45, 2.75) is 19.8 Å². The summed E-state index contributed by atoms with van der Waals surface area (Å²) < 4.78 is 5.84. The number of halogens is 1. The molecule has 0 bridgehead atoms. The zero-order valence-corrected chi connectivity index (χ0v) is 17.2. The lowest BCUT2D eigenvalue weighted by atomic mass is 10.1. The lowest BCUT2D eigenvalue weighted by molar-refractivity contribution is -0.114. The number of anilines is 2. The van der Waals surface area contributed by atoms with Gasteiger partial charge in [-0.2, -0.15) is 0 Å². The Kier molecular flexibility index (Phi) is 7.54. The van der Waals surface area contributed by atoms with Crippen molar-refractivity contribution in [3.63, 3.8) is 0 Å². The highest BCUT2D eigenvalue weighted by Gasteiger charge is 2.07. The molecule has 1 amide bonds. The third-order valence-electron chi connectivity index (χ3n) is 4.55. The highest BCUT2D eigenvalue weighted by molar-refractivity contribution is 6.31. The number of carbonyl (C=O) groups excluding carboxylic acids is 1. The van der Waals surface area contributed by atoms with Gasteiger partial charge in [0.15, 0.2) is 0 Å². The normalized spacial score (nSPS) is 10.4. The minimum atomic E-state index is -0.135. The van der Waals surface area contributed by atoms with Gasteiger partial charge in [0, 0.05) is 22.5 Å². The first-order valence-electron chi connectivity index (χ1n) is 9.67. The second kappa shape index (κ2) is 10.5. The Morgan fingerprint density at radius 2 is 1.79 bits per heavy atom. The Morgan fingerprint density at radius 1 is 1.00 bits per heavy atom. The first kappa shape index (κ1) is 20.7. The van der Waals surface area contributed by atoms with Crippen molar-refractivity contribution in [2.24, 2.45) is 0 Å². The van der Waals surface area contributed by atoms with Crippen LogP contribution in [0.2, 0.25) is 5.02 Å². The van der Waals surface area contributed by atoms with E-state index in [4.69, 9.17) is 16.3 Å². The van der Waals surface area contributed by atoms with Crippen LogP contribution >= 0.6 is 11.6 Å². The van der Waals surface area contributed by atoms with Crippen LogP contribution in [-0.4, -0.2) is 19.1 Å². The molecule has 0 spiro atoms. The van der Waals surface area contributed by atoms with Gasteiger partial charge in [-0.05, 0) is 55.2 Å². The predicted octanol–water partition coefficient (Wildman–Crippen LogP) is 5.71. The van der Waals surface area contributed by atoms with Crippen LogP contribution in [0.1, 0.15) is 17.5 Å². The van der Waals surface area contributed by atoms with Crippen LogP contribution < -0.4 is 15.4 Å². The molecule has 0 aliphatic carbocycles. The third kappa shape index (κ3) is 6.54. The van der Waals surface area contributed by atoms with E-state index in [2.05, 4.69) is 34.9 Å². The van der Waals surface area contributed by atoms with Crippen molar-refractivity contribution in [3.8, 4) is 5.75 Å². The average molecular weight is 409 g/mol. The van der Waals surface area contributed by atoms with E-state index < -0.39 is 0 Å². The van der Waals surface area contributed by atoms with E-state index in [0.717, 1.165) is 35.5 Å². The number of nitrogens with one attached hydrogen (secondary N) is 2. The quantitative estimate of drug-likeness (QED) is 0.446. The largest absolute Gasteiger partial charge is 0.494 e. The molecule has 4 nitrogen and oxygen atoms in total. The number of ether oxygens (including phenoxy) is 1. The van der Waals surface area contributed by atoms with E-state index in [-0.39, 0.29) is 12.5 Å². The van der Waals surface area contributed by atoms with Gasteiger partial charge in [-0.25, -0.2) is 0 Å². The number of rotatable bonds is 9. The van der Waals surface area contributed by atoms with E-state index in [1.54, 1.807) is 6.07 Å². The van der Waals surface area contributed by atoms with Gasteiger partial charge in [0.2, 0.25) is 5.91 Å². The van der Waals surface area contributed by atoms with E-state index in [1.807, 2.05) is 49.4 Å². The monoisotopic (exact) mass is 408 g/mol. The predicted molar refractivity (Wildman–Crippen MR) is 120 cm³/mol. The molecule has 3 aromatic carbocycles. The number of carbonyl (C=O) groups is 1. The molecule has 0 radical (unpaired) electrons. The van der Waals surface area contributed by atoms with Gasteiger partial charge in [0.1, 0.15) is 5.75 Å². The molecule has 0 fully saturated rings.